The number of aliphatic carboxylic acids is 2. The van der Waals surface area contributed by atoms with Gasteiger partial charge in [-0.15, -0.1) is 0 Å². The summed E-state index contributed by atoms with van der Waals surface area (Å²) >= 11 is 0. The molecular formula is C22H30FNO6. The zero-order valence-corrected chi connectivity index (χ0v) is 17.3. The predicted octanol–water partition coefficient (Wildman–Crippen LogP) is 2.44. The number of aliphatic hydroxyl groups excluding tert-OH is 1. The van der Waals surface area contributed by atoms with Gasteiger partial charge in [0.15, 0.2) is 0 Å². The summed E-state index contributed by atoms with van der Waals surface area (Å²) < 4.78 is 19.2. The second kappa shape index (κ2) is 10.7. The molecule has 7 nitrogen and oxygen atoms in total. The highest BCUT2D eigenvalue weighted by atomic mass is 19.1. The van der Waals surface area contributed by atoms with Crippen LogP contribution in [-0.2, 0) is 20.9 Å². The number of aliphatic hydroxyl groups is 1. The molecule has 30 heavy (non-hydrogen) atoms. The largest absolute Gasteiger partial charge is 0.473 e. The van der Waals surface area contributed by atoms with Gasteiger partial charge in [0.05, 0.1) is 19.3 Å². The van der Waals surface area contributed by atoms with Crippen LogP contribution in [0.5, 0.6) is 0 Å². The van der Waals surface area contributed by atoms with Crippen LogP contribution in [-0.4, -0.2) is 53.1 Å². The Kier molecular flexibility index (Phi) is 8.52. The van der Waals surface area contributed by atoms with E-state index in [0.29, 0.717) is 43.2 Å². The molecule has 0 saturated heterocycles. The van der Waals surface area contributed by atoms with Gasteiger partial charge in [-0.05, 0) is 41.7 Å². The summed E-state index contributed by atoms with van der Waals surface area (Å²) in [7, 11) is 0. The number of hydrogen-bond acceptors (Lipinski definition) is 5. The van der Waals surface area contributed by atoms with Crippen LogP contribution in [0.2, 0.25) is 0 Å². The minimum absolute atomic E-state index is 0.221. The highest BCUT2D eigenvalue weighted by Gasteiger charge is 2.50. The van der Waals surface area contributed by atoms with Gasteiger partial charge in [0.2, 0.25) is 0 Å². The Morgan fingerprint density at radius 2 is 1.93 bits per heavy atom. The molecule has 0 aromatic heterocycles. The lowest BCUT2D eigenvalue weighted by Gasteiger charge is -2.56. The van der Waals surface area contributed by atoms with Crippen molar-refractivity contribution in [2.75, 3.05) is 19.8 Å². The molecule has 4 rings (SSSR count). The van der Waals surface area contributed by atoms with Crippen LogP contribution in [0.25, 0.3) is 0 Å². The Balaban J connectivity index is 0.000000469. The fourth-order valence-corrected chi connectivity index (χ4v) is 4.03. The van der Waals surface area contributed by atoms with Crippen molar-refractivity contribution in [3.05, 3.63) is 47.3 Å². The average molecular weight is 423 g/mol. The lowest BCUT2D eigenvalue weighted by Crippen LogP contribution is -2.48. The van der Waals surface area contributed by atoms with Crippen LogP contribution in [0.15, 0.2) is 35.9 Å². The number of rotatable bonds is 8. The summed E-state index contributed by atoms with van der Waals surface area (Å²) in [6.45, 7) is 6.42. The Morgan fingerprint density at radius 3 is 2.50 bits per heavy atom. The number of benzene rings is 1. The van der Waals surface area contributed by atoms with Crippen LogP contribution in [0.3, 0.4) is 0 Å². The Hall–Kier alpha value is -2.29. The lowest BCUT2D eigenvalue weighted by molar-refractivity contribution is -0.159. The van der Waals surface area contributed by atoms with Gasteiger partial charge >= 0.3 is 11.9 Å². The number of fused-ring (bicyclic) bond motifs is 1. The van der Waals surface area contributed by atoms with Crippen LogP contribution >= 0.6 is 0 Å². The molecule has 1 saturated carbocycles. The number of carbonyl (C=O) groups is 2. The van der Waals surface area contributed by atoms with E-state index in [1.165, 1.54) is 18.1 Å². The summed E-state index contributed by atoms with van der Waals surface area (Å²) in [6.07, 6.45) is 4.19. The first-order chi connectivity index (χ1) is 14.1. The maximum atomic E-state index is 13.5. The zero-order valence-electron chi connectivity index (χ0n) is 17.3. The molecule has 3 unspecified atom stereocenters. The van der Waals surface area contributed by atoms with Gasteiger partial charge in [-0.25, -0.2) is 14.0 Å². The zero-order chi connectivity index (χ0) is 22.3. The van der Waals surface area contributed by atoms with Crippen molar-refractivity contribution in [1.82, 2.24) is 5.32 Å². The first kappa shape index (κ1) is 24.0. The van der Waals surface area contributed by atoms with Crippen LogP contribution < -0.4 is 5.32 Å². The molecule has 1 aromatic rings. The van der Waals surface area contributed by atoms with E-state index in [4.69, 9.17) is 24.5 Å². The van der Waals surface area contributed by atoms with Crippen molar-refractivity contribution in [2.45, 2.75) is 39.3 Å². The molecule has 1 fully saturated rings. The maximum Gasteiger partial charge on any atom is 0.414 e. The number of carboxylic acid groups (broad SMARTS) is 2. The number of ether oxygens (including phenoxy) is 1. The molecule has 166 valence electrons. The minimum atomic E-state index is -1.82. The van der Waals surface area contributed by atoms with E-state index >= 15 is 0 Å². The van der Waals surface area contributed by atoms with E-state index in [9.17, 15) is 9.50 Å². The van der Waals surface area contributed by atoms with Crippen LogP contribution in [0, 0.1) is 23.1 Å². The SMILES string of the molecule is CC1(C)C2CC=C(COCC(O)CNCc3ccccc3F)C1C2.O=C(O)C(=O)O. The number of carboxylic acids is 2. The number of hydrogen-bond donors (Lipinski definition) is 4. The molecular weight excluding hydrogens is 393 g/mol. The van der Waals surface area contributed by atoms with Crippen molar-refractivity contribution in [3.8, 4) is 0 Å². The lowest BCUT2D eigenvalue weighted by atomic mass is 9.49. The van der Waals surface area contributed by atoms with Crippen molar-refractivity contribution in [3.63, 3.8) is 0 Å². The molecule has 3 aliphatic rings. The standard InChI is InChI=1S/C20H28FNO2.C2H2O4/c1-20(2)16-8-7-15(18(20)9-16)12-24-13-17(23)11-22-10-14-5-3-4-6-19(14)21;3-1(4)2(5)6/h3-7,16-18,22-23H,8-13H2,1-2H3;(H,3,4)(H,5,6). The summed E-state index contributed by atoms with van der Waals surface area (Å²) in [5.74, 6) is -2.39. The molecule has 3 aliphatic carbocycles. The highest BCUT2D eigenvalue weighted by Crippen LogP contribution is 2.59. The topological polar surface area (TPSA) is 116 Å². The second-order valence-electron chi connectivity index (χ2n) is 8.32. The van der Waals surface area contributed by atoms with Crippen molar-refractivity contribution in [2.24, 2.45) is 17.3 Å². The number of allylic oxidation sites excluding steroid dienone is 1. The highest BCUT2D eigenvalue weighted by molar-refractivity contribution is 6.27. The second-order valence-corrected chi connectivity index (χ2v) is 8.32. The van der Waals surface area contributed by atoms with Gasteiger partial charge in [0.1, 0.15) is 5.82 Å². The van der Waals surface area contributed by atoms with Gasteiger partial charge < -0.3 is 25.4 Å². The summed E-state index contributed by atoms with van der Waals surface area (Å²) in [5.41, 5.74) is 2.42. The third-order valence-electron chi connectivity index (χ3n) is 6.00. The van der Waals surface area contributed by atoms with Gasteiger partial charge in [0.25, 0.3) is 0 Å². The Labute approximate surface area is 175 Å². The average Bonchev–Trinajstić information content (AvgIpc) is 2.70. The molecule has 0 spiro atoms. The molecule has 0 radical (unpaired) electrons. The molecule has 0 heterocycles. The van der Waals surface area contributed by atoms with Crippen LogP contribution in [0.4, 0.5) is 4.39 Å². The van der Waals surface area contributed by atoms with E-state index in [-0.39, 0.29) is 5.82 Å². The van der Waals surface area contributed by atoms with Crippen molar-refractivity contribution < 1.29 is 34.0 Å². The van der Waals surface area contributed by atoms with E-state index < -0.39 is 18.0 Å². The normalized spacial score (nSPS) is 22.1. The van der Waals surface area contributed by atoms with Gasteiger partial charge in [0, 0.05) is 18.7 Å². The smallest absolute Gasteiger partial charge is 0.414 e. The van der Waals surface area contributed by atoms with E-state index in [1.807, 2.05) is 6.07 Å². The fourth-order valence-electron chi connectivity index (χ4n) is 4.03. The third kappa shape index (κ3) is 6.35. The summed E-state index contributed by atoms with van der Waals surface area (Å²) in [4.78, 5) is 18.2. The predicted molar refractivity (Wildman–Crippen MR) is 108 cm³/mol. The minimum Gasteiger partial charge on any atom is -0.473 e. The summed E-state index contributed by atoms with van der Waals surface area (Å²) in [5, 5.41) is 27.9. The molecule has 4 N–H and O–H groups in total. The maximum absolute atomic E-state index is 13.5. The fraction of sp³-hybridized carbons (Fsp3) is 0.545. The van der Waals surface area contributed by atoms with E-state index in [1.54, 1.807) is 12.1 Å². The van der Waals surface area contributed by atoms with E-state index in [2.05, 4.69) is 25.2 Å². The van der Waals surface area contributed by atoms with Crippen molar-refractivity contribution in [1.29, 1.82) is 0 Å². The Morgan fingerprint density at radius 1 is 1.27 bits per heavy atom. The monoisotopic (exact) mass is 423 g/mol. The van der Waals surface area contributed by atoms with Gasteiger partial charge in [-0.1, -0.05) is 38.1 Å². The first-order valence-corrected chi connectivity index (χ1v) is 9.98. The first-order valence-electron chi connectivity index (χ1n) is 9.98. The number of halogens is 1. The quantitative estimate of drug-likeness (QED) is 0.375. The molecule has 0 aliphatic heterocycles. The number of nitrogens with one attached hydrogen (secondary N) is 1. The molecule has 3 atom stereocenters. The van der Waals surface area contributed by atoms with Crippen LogP contribution in [0.1, 0.15) is 32.3 Å². The van der Waals surface area contributed by atoms with Gasteiger partial charge in [-0.3, -0.25) is 0 Å². The van der Waals surface area contributed by atoms with Gasteiger partial charge in [-0.2, -0.15) is 0 Å². The summed E-state index contributed by atoms with van der Waals surface area (Å²) in [6, 6.07) is 6.67. The van der Waals surface area contributed by atoms with E-state index in [0.717, 1.165) is 12.3 Å². The molecule has 8 heteroatoms. The molecule has 1 aromatic carbocycles. The molecule has 0 amide bonds. The Bertz CT molecular complexity index is 767. The third-order valence-corrected chi connectivity index (χ3v) is 6.00. The molecule has 2 bridgehead atoms. The van der Waals surface area contributed by atoms with Crippen molar-refractivity contribution >= 4 is 11.9 Å².